The molecule has 1 N–H and O–H groups in total. The number of halogens is 2. The molecule has 0 bridgehead atoms. The predicted octanol–water partition coefficient (Wildman–Crippen LogP) is 3.12. The van der Waals surface area contributed by atoms with Crippen molar-refractivity contribution in [1.29, 1.82) is 0 Å². The van der Waals surface area contributed by atoms with E-state index in [1.54, 1.807) is 0 Å². The minimum absolute atomic E-state index is 0. The summed E-state index contributed by atoms with van der Waals surface area (Å²) in [5.74, 6) is 0.848. The van der Waals surface area contributed by atoms with E-state index >= 15 is 0 Å². The first-order valence-corrected chi connectivity index (χ1v) is 6.95. The Morgan fingerprint density at radius 3 is 2.83 bits per heavy atom. The van der Waals surface area contributed by atoms with Crippen LogP contribution in [-0.4, -0.2) is 26.2 Å². The number of anilines is 1. The van der Waals surface area contributed by atoms with Gasteiger partial charge in [0, 0.05) is 23.8 Å². The van der Waals surface area contributed by atoms with Gasteiger partial charge in [-0.25, -0.2) is 0 Å². The maximum Gasteiger partial charge on any atom is 0.0459 e. The summed E-state index contributed by atoms with van der Waals surface area (Å²) in [6, 6.07) is 6.30. The SMILES string of the molecule is Cl.Clc1cccc2c1CCN2CC1CCNCC1. The minimum atomic E-state index is 0. The molecule has 3 rings (SSSR count). The van der Waals surface area contributed by atoms with Crippen molar-refractivity contribution in [3.63, 3.8) is 0 Å². The van der Waals surface area contributed by atoms with Gasteiger partial charge in [-0.2, -0.15) is 0 Å². The fourth-order valence-corrected chi connectivity index (χ4v) is 3.29. The smallest absolute Gasteiger partial charge is 0.0459 e. The molecule has 2 heterocycles. The summed E-state index contributed by atoms with van der Waals surface area (Å²) in [5.41, 5.74) is 2.72. The molecule has 0 radical (unpaired) electrons. The van der Waals surface area contributed by atoms with Gasteiger partial charge in [0.05, 0.1) is 0 Å². The van der Waals surface area contributed by atoms with Crippen molar-refractivity contribution in [1.82, 2.24) is 5.32 Å². The number of nitrogens with one attached hydrogen (secondary N) is 1. The average molecular weight is 287 g/mol. The topological polar surface area (TPSA) is 15.3 Å². The Morgan fingerprint density at radius 2 is 2.06 bits per heavy atom. The maximum atomic E-state index is 6.24. The van der Waals surface area contributed by atoms with Gasteiger partial charge in [-0.1, -0.05) is 17.7 Å². The minimum Gasteiger partial charge on any atom is -0.371 e. The lowest BCUT2D eigenvalue weighted by molar-refractivity contribution is 0.375. The van der Waals surface area contributed by atoms with Gasteiger partial charge in [0.15, 0.2) is 0 Å². The summed E-state index contributed by atoms with van der Waals surface area (Å²) in [5, 5.41) is 4.37. The van der Waals surface area contributed by atoms with E-state index in [0.29, 0.717) is 0 Å². The van der Waals surface area contributed by atoms with Gasteiger partial charge in [-0.05, 0) is 56.0 Å². The van der Waals surface area contributed by atoms with Crippen molar-refractivity contribution in [2.75, 3.05) is 31.1 Å². The van der Waals surface area contributed by atoms with Crippen LogP contribution in [0.2, 0.25) is 5.02 Å². The van der Waals surface area contributed by atoms with Crippen molar-refractivity contribution < 1.29 is 0 Å². The van der Waals surface area contributed by atoms with Crippen LogP contribution < -0.4 is 10.2 Å². The van der Waals surface area contributed by atoms with Crippen LogP contribution in [0.25, 0.3) is 0 Å². The highest BCUT2D eigenvalue weighted by atomic mass is 35.5. The molecular formula is C14H20Cl2N2. The Labute approximate surface area is 120 Å². The Hall–Kier alpha value is -0.440. The van der Waals surface area contributed by atoms with Crippen LogP contribution in [0.5, 0.6) is 0 Å². The third-order valence-electron chi connectivity index (χ3n) is 4.00. The normalized spacial score (nSPS) is 19.5. The van der Waals surface area contributed by atoms with Crippen LogP contribution in [0.4, 0.5) is 5.69 Å². The summed E-state index contributed by atoms with van der Waals surface area (Å²) < 4.78 is 0. The molecule has 18 heavy (non-hydrogen) atoms. The van der Waals surface area contributed by atoms with Crippen molar-refractivity contribution in [3.8, 4) is 0 Å². The third-order valence-corrected chi connectivity index (χ3v) is 4.36. The lowest BCUT2D eigenvalue weighted by Crippen LogP contribution is -2.35. The summed E-state index contributed by atoms with van der Waals surface area (Å²) in [6.07, 6.45) is 3.73. The lowest BCUT2D eigenvalue weighted by atomic mass is 9.97. The molecule has 2 aliphatic heterocycles. The molecule has 1 aromatic carbocycles. The van der Waals surface area contributed by atoms with Gasteiger partial charge in [-0.15, -0.1) is 12.4 Å². The average Bonchev–Trinajstić information content (AvgIpc) is 2.76. The van der Waals surface area contributed by atoms with Crippen LogP contribution in [0.15, 0.2) is 18.2 Å². The molecule has 0 aliphatic carbocycles. The highest BCUT2D eigenvalue weighted by Crippen LogP contribution is 2.34. The molecule has 1 saturated heterocycles. The van der Waals surface area contributed by atoms with Crippen molar-refractivity contribution in [3.05, 3.63) is 28.8 Å². The van der Waals surface area contributed by atoms with Gasteiger partial charge in [-0.3, -0.25) is 0 Å². The zero-order chi connectivity index (χ0) is 11.7. The van der Waals surface area contributed by atoms with Crippen LogP contribution >= 0.6 is 24.0 Å². The molecule has 1 aromatic rings. The zero-order valence-corrected chi connectivity index (χ0v) is 12.1. The number of rotatable bonds is 2. The summed E-state index contributed by atoms with van der Waals surface area (Å²) in [6.45, 7) is 4.71. The molecule has 0 spiro atoms. The largest absolute Gasteiger partial charge is 0.371 e. The van der Waals surface area contributed by atoms with Crippen LogP contribution in [-0.2, 0) is 6.42 Å². The number of fused-ring (bicyclic) bond motifs is 1. The molecule has 4 heteroatoms. The van der Waals surface area contributed by atoms with Crippen LogP contribution in [0.1, 0.15) is 18.4 Å². The van der Waals surface area contributed by atoms with Crippen molar-refractivity contribution in [2.45, 2.75) is 19.3 Å². The molecule has 2 nitrogen and oxygen atoms in total. The molecule has 0 amide bonds. The first-order chi connectivity index (χ1) is 8.34. The van der Waals surface area contributed by atoms with E-state index < -0.39 is 0 Å². The van der Waals surface area contributed by atoms with Gasteiger partial charge < -0.3 is 10.2 Å². The number of hydrogen-bond acceptors (Lipinski definition) is 2. The number of hydrogen-bond donors (Lipinski definition) is 1. The predicted molar refractivity (Wildman–Crippen MR) is 80.2 cm³/mol. The Bertz CT molecular complexity index is 403. The van der Waals surface area contributed by atoms with E-state index in [1.165, 1.54) is 43.7 Å². The second-order valence-electron chi connectivity index (χ2n) is 5.13. The summed E-state index contributed by atoms with van der Waals surface area (Å²) in [4.78, 5) is 2.52. The fourth-order valence-electron chi connectivity index (χ4n) is 3.02. The van der Waals surface area contributed by atoms with Gasteiger partial charge in [0.1, 0.15) is 0 Å². The molecule has 0 saturated carbocycles. The Morgan fingerprint density at radius 1 is 1.28 bits per heavy atom. The first kappa shape index (κ1) is 14.0. The maximum absolute atomic E-state index is 6.24. The van der Waals surface area contributed by atoms with Crippen LogP contribution in [0.3, 0.4) is 0 Å². The second kappa shape index (κ2) is 6.14. The van der Waals surface area contributed by atoms with E-state index in [4.69, 9.17) is 11.6 Å². The van der Waals surface area contributed by atoms with Crippen molar-refractivity contribution in [2.24, 2.45) is 5.92 Å². The third kappa shape index (κ3) is 2.76. The van der Waals surface area contributed by atoms with E-state index in [1.807, 2.05) is 6.07 Å². The van der Waals surface area contributed by atoms with E-state index in [9.17, 15) is 0 Å². The fraction of sp³-hybridized carbons (Fsp3) is 0.571. The van der Waals surface area contributed by atoms with E-state index in [0.717, 1.165) is 23.9 Å². The molecule has 2 aliphatic rings. The second-order valence-corrected chi connectivity index (χ2v) is 5.53. The van der Waals surface area contributed by atoms with Crippen molar-refractivity contribution >= 4 is 29.7 Å². The number of piperidine rings is 1. The number of nitrogens with zero attached hydrogens (tertiary/aromatic N) is 1. The highest BCUT2D eigenvalue weighted by Gasteiger charge is 2.24. The Kier molecular flexibility index (Phi) is 4.77. The summed E-state index contributed by atoms with van der Waals surface area (Å²) >= 11 is 6.24. The quantitative estimate of drug-likeness (QED) is 0.899. The molecular weight excluding hydrogens is 267 g/mol. The molecule has 100 valence electrons. The van der Waals surface area contributed by atoms with Crippen LogP contribution in [0, 0.1) is 5.92 Å². The zero-order valence-electron chi connectivity index (χ0n) is 10.5. The Balaban J connectivity index is 0.00000120. The molecule has 0 atom stereocenters. The van der Waals surface area contributed by atoms with Gasteiger partial charge in [0.25, 0.3) is 0 Å². The summed E-state index contributed by atoms with van der Waals surface area (Å²) in [7, 11) is 0. The van der Waals surface area contributed by atoms with Gasteiger partial charge in [0.2, 0.25) is 0 Å². The van der Waals surface area contributed by atoms with Gasteiger partial charge >= 0.3 is 0 Å². The first-order valence-electron chi connectivity index (χ1n) is 6.57. The highest BCUT2D eigenvalue weighted by molar-refractivity contribution is 6.31. The standard InChI is InChI=1S/C14H19ClN2.ClH/c15-13-2-1-3-14-12(13)6-9-17(14)10-11-4-7-16-8-5-11;/h1-3,11,16H,4-10H2;1H. The molecule has 0 aromatic heterocycles. The molecule has 0 unspecified atom stereocenters. The lowest BCUT2D eigenvalue weighted by Gasteiger charge is -2.29. The molecule has 1 fully saturated rings. The van der Waals surface area contributed by atoms with E-state index in [2.05, 4.69) is 22.3 Å². The van der Waals surface area contributed by atoms with E-state index in [-0.39, 0.29) is 12.4 Å². The monoisotopic (exact) mass is 286 g/mol. The number of benzene rings is 1.